The molecule has 0 saturated carbocycles. The molecule has 39 heavy (non-hydrogen) atoms. The van der Waals surface area contributed by atoms with E-state index in [-0.39, 0.29) is 23.5 Å². The maximum absolute atomic E-state index is 13.9. The van der Waals surface area contributed by atoms with Crippen LogP contribution < -0.4 is 29.1 Å². The molecule has 0 bridgehead atoms. The summed E-state index contributed by atoms with van der Waals surface area (Å²) in [5.41, 5.74) is 1.78. The summed E-state index contributed by atoms with van der Waals surface area (Å²) in [6.07, 6.45) is 1.72. The summed E-state index contributed by atoms with van der Waals surface area (Å²) < 4.78 is 24.7. The lowest BCUT2D eigenvalue weighted by molar-refractivity contribution is -0.139. The third-order valence-corrected chi connectivity index (χ3v) is 7.77. The summed E-state index contributed by atoms with van der Waals surface area (Å²) in [7, 11) is 1.47. The number of methoxy groups -OCH3 is 1. The average Bonchev–Trinajstić information content (AvgIpc) is 3.20. The van der Waals surface area contributed by atoms with Crippen molar-refractivity contribution in [1.29, 1.82) is 0 Å². The first kappa shape index (κ1) is 28.7. The van der Waals surface area contributed by atoms with Crippen LogP contribution in [0, 0.1) is 3.57 Å². The molecule has 0 unspecified atom stereocenters. The number of fused-ring (bicyclic) bond motifs is 1. The molecule has 0 spiro atoms. The standard InChI is InChI=1S/C28H29IN2O7S/c1-6-36-19-10-9-17(14-20(19)37-7-2)24-23(27(34)38-8-3)15(4)30-28-31(24)26(33)22(39-28)13-16-11-18(29)25(32)21(12-16)35-5/h9-14,24,32H,6-8H2,1-5H3/b22-13-/t24-/m0/s1. The number of allylic oxidation sites excluding steroid dienone is 1. The quantitative estimate of drug-likeness (QED) is 0.273. The molecule has 1 aromatic heterocycles. The Balaban J connectivity index is 1.96. The SMILES string of the molecule is CCOC(=O)C1=C(C)N=c2s/c(=C\c3cc(I)c(O)c(OC)c3)c(=O)n2[C@H]1c1ccc(OCC)c(OCC)c1. The molecule has 0 aliphatic carbocycles. The van der Waals surface area contributed by atoms with Crippen molar-refractivity contribution >= 4 is 46.0 Å². The Labute approximate surface area is 243 Å². The number of phenolic OH excluding ortho intramolecular Hbond substituents is 1. The number of nitrogens with zero attached hydrogens (tertiary/aromatic N) is 2. The Morgan fingerprint density at radius 3 is 2.49 bits per heavy atom. The van der Waals surface area contributed by atoms with E-state index < -0.39 is 12.0 Å². The summed E-state index contributed by atoms with van der Waals surface area (Å²) in [5.74, 6) is 0.888. The Morgan fingerprint density at radius 2 is 1.82 bits per heavy atom. The van der Waals surface area contributed by atoms with Gasteiger partial charge in [0.15, 0.2) is 27.8 Å². The second-order valence-corrected chi connectivity index (χ2v) is 10.6. The number of carbonyl (C=O) groups is 1. The predicted molar refractivity (Wildman–Crippen MR) is 157 cm³/mol. The second kappa shape index (κ2) is 12.2. The highest BCUT2D eigenvalue weighted by molar-refractivity contribution is 14.1. The van der Waals surface area contributed by atoms with E-state index in [2.05, 4.69) is 4.99 Å². The molecule has 2 heterocycles. The maximum Gasteiger partial charge on any atom is 0.338 e. The zero-order valence-electron chi connectivity index (χ0n) is 22.2. The van der Waals surface area contributed by atoms with Crippen LogP contribution >= 0.6 is 33.9 Å². The lowest BCUT2D eigenvalue weighted by atomic mass is 9.95. The summed E-state index contributed by atoms with van der Waals surface area (Å²) in [6.45, 7) is 8.29. The molecule has 0 fully saturated rings. The van der Waals surface area contributed by atoms with Gasteiger partial charge in [0.2, 0.25) is 0 Å². The van der Waals surface area contributed by atoms with Crippen molar-refractivity contribution in [1.82, 2.24) is 4.57 Å². The fourth-order valence-corrected chi connectivity index (χ4v) is 6.00. The van der Waals surface area contributed by atoms with Gasteiger partial charge in [-0.05, 0) is 91.8 Å². The van der Waals surface area contributed by atoms with Crippen LogP contribution in [0.15, 0.2) is 51.4 Å². The van der Waals surface area contributed by atoms with E-state index >= 15 is 0 Å². The van der Waals surface area contributed by atoms with E-state index in [1.807, 2.05) is 42.5 Å². The summed E-state index contributed by atoms with van der Waals surface area (Å²) in [4.78, 5) is 32.1. The van der Waals surface area contributed by atoms with Gasteiger partial charge in [-0.3, -0.25) is 9.36 Å². The Kier molecular flexibility index (Phi) is 9.01. The van der Waals surface area contributed by atoms with E-state index in [9.17, 15) is 14.7 Å². The number of hydrogen-bond acceptors (Lipinski definition) is 9. The van der Waals surface area contributed by atoms with Crippen LogP contribution in [-0.2, 0) is 9.53 Å². The Bertz CT molecular complexity index is 1620. The Morgan fingerprint density at radius 1 is 1.10 bits per heavy atom. The van der Waals surface area contributed by atoms with Gasteiger partial charge in [0, 0.05) is 0 Å². The van der Waals surface area contributed by atoms with Crippen molar-refractivity contribution in [2.75, 3.05) is 26.9 Å². The molecule has 0 saturated heterocycles. The molecule has 1 aliphatic rings. The van der Waals surface area contributed by atoms with Gasteiger partial charge < -0.3 is 24.1 Å². The normalized spacial score (nSPS) is 15.0. The lowest BCUT2D eigenvalue weighted by Crippen LogP contribution is -2.40. The number of phenols is 1. The van der Waals surface area contributed by atoms with E-state index in [1.54, 1.807) is 44.2 Å². The molecule has 1 atom stereocenters. The summed E-state index contributed by atoms with van der Waals surface area (Å²) >= 11 is 3.22. The van der Waals surface area contributed by atoms with E-state index in [4.69, 9.17) is 18.9 Å². The van der Waals surface area contributed by atoms with Gasteiger partial charge in [-0.25, -0.2) is 9.79 Å². The van der Waals surface area contributed by atoms with Crippen molar-refractivity contribution in [3.05, 3.63) is 76.0 Å². The molecular weight excluding hydrogens is 635 g/mol. The summed E-state index contributed by atoms with van der Waals surface area (Å²) in [5, 5.41) is 10.2. The van der Waals surface area contributed by atoms with Crippen molar-refractivity contribution in [2.24, 2.45) is 4.99 Å². The van der Waals surface area contributed by atoms with Crippen LogP contribution in [0.2, 0.25) is 0 Å². The van der Waals surface area contributed by atoms with Crippen LogP contribution in [0.1, 0.15) is 44.9 Å². The fraction of sp³-hybridized carbons (Fsp3) is 0.321. The first-order chi connectivity index (χ1) is 18.7. The third kappa shape index (κ3) is 5.69. The molecule has 4 rings (SSSR count). The van der Waals surface area contributed by atoms with Crippen molar-refractivity contribution < 1.29 is 28.8 Å². The maximum atomic E-state index is 13.9. The minimum Gasteiger partial charge on any atom is -0.504 e. The van der Waals surface area contributed by atoms with Gasteiger partial charge in [0.1, 0.15) is 0 Å². The van der Waals surface area contributed by atoms with Crippen molar-refractivity contribution in [3.63, 3.8) is 0 Å². The van der Waals surface area contributed by atoms with Gasteiger partial charge in [-0.1, -0.05) is 17.4 Å². The minimum atomic E-state index is -0.785. The highest BCUT2D eigenvalue weighted by Gasteiger charge is 2.34. The number of carbonyl (C=O) groups excluding carboxylic acids is 1. The molecular formula is C28H29IN2O7S. The molecule has 2 aromatic carbocycles. The molecule has 1 N–H and O–H groups in total. The highest BCUT2D eigenvalue weighted by atomic mass is 127. The molecule has 3 aromatic rings. The molecule has 1 aliphatic heterocycles. The average molecular weight is 665 g/mol. The number of halogens is 1. The lowest BCUT2D eigenvalue weighted by Gasteiger charge is -2.25. The first-order valence-corrected chi connectivity index (χ1v) is 14.3. The Hall–Kier alpha value is -3.32. The fourth-order valence-electron chi connectivity index (χ4n) is 4.33. The third-order valence-electron chi connectivity index (χ3n) is 5.97. The van der Waals surface area contributed by atoms with Crippen LogP contribution in [0.25, 0.3) is 6.08 Å². The van der Waals surface area contributed by atoms with Crippen molar-refractivity contribution in [3.8, 4) is 23.0 Å². The first-order valence-electron chi connectivity index (χ1n) is 12.4. The second-order valence-electron chi connectivity index (χ2n) is 8.43. The van der Waals surface area contributed by atoms with Gasteiger partial charge in [-0.15, -0.1) is 0 Å². The summed E-state index contributed by atoms with van der Waals surface area (Å²) in [6, 6.07) is 8.02. The number of ether oxygens (including phenoxy) is 4. The van der Waals surface area contributed by atoms with Gasteiger partial charge >= 0.3 is 5.97 Å². The largest absolute Gasteiger partial charge is 0.504 e. The molecule has 11 heteroatoms. The zero-order chi connectivity index (χ0) is 28.3. The van der Waals surface area contributed by atoms with E-state index in [1.165, 1.54) is 23.0 Å². The number of aromatic nitrogens is 1. The van der Waals surface area contributed by atoms with Crippen LogP contribution in [0.5, 0.6) is 23.0 Å². The zero-order valence-corrected chi connectivity index (χ0v) is 25.2. The van der Waals surface area contributed by atoms with Gasteiger partial charge in [0.05, 0.1) is 52.3 Å². The molecule has 0 radical (unpaired) electrons. The monoisotopic (exact) mass is 664 g/mol. The number of benzene rings is 2. The minimum absolute atomic E-state index is 0.0343. The van der Waals surface area contributed by atoms with E-state index in [0.29, 0.717) is 60.2 Å². The molecule has 206 valence electrons. The number of rotatable bonds is 9. The predicted octanol–water partition coefficient (Wildman–Crippen LogP) is 3.91. The van der Waals surface area contributed by atoms with Crippen molar-refractivity contribution in [2.45, 2.75) is 33.7 Å². The van der Waals surface area contributed by atoms with Crippen LogP contribution in [-0.4, -0.2) is 42.6 Å². The van der Waals surface area contributed by atoms with Gasteiger partial charge in [0.25, 0.3) is 5.56 Å². The van der Waals surface area contributed by atoms with Crippen LogP contribution in [0.3, 0.4) is 0 Å². The topological polar surface area (TPSA) is 109 Å². The highest BCUT2D eigenvalue weighted by Crippen LogP contribution is 2.36. The number of hydrogen-bond donors (Lipinski definition) is 1. The number of esters is 1. The van der Waals surface area contributed by atoms with Crippen LogP contribution in [0.4, 0.5) is 0 Å². The molecule has 9 nitrogen and oxygen atoms in total. The van der Waals surface area contributed by atoms with E-state index in [0.717, 1.165) is 0 Å². The number of thiazole rings is 1. The van der Waals surface area contributed by atoms with Gasteiger partial charge in [-0.2, -0.15) is 0 Å². The molecule has 0 amide bonds. The number of aromatic hydroxyl groups is 1. The smallest absolute Gasteiger partial charge is 0.338 e.